The molecule has 2 aliphatic heterocycles. The molecule has 0 aromatic rings. The number of urea groups is 1. The molecule has 2 aliphatic carbocycles. The third kappa shape index (κ3) is 6.13. The highest BCUT2D eigenvalue weighted by Gasteiger charge is 2.53. The number of hydrogen-bond donors (Lipinski definition) is 4. The first kappa shape index (κ1) is 29.0. The maximum atomic E-state index is 13.0. The third-order valence-electron chi connectivity index (χ3n) is 9.07. The molecule has 6 atom stereocenters. The van der Waals surface area contributed by atoms with Gasteiger partial charge in [0.15, 0.2) is 18.9 Å². The van der Waals surface area contributed by atoms with Gasteiger partial charge in [-0.2, -0.15) is 5.26 Å². The Morgan fingerprint density at radius 1 is 1.08 bits per heavy atom. The normalized spacial score (nSPS) is 30.1. The molecule has 2 saturated carbocycles. The number of nitrogens with one attached hydrogen (secondary N) is 1. The zero-order chi connectivity index (χ0) is 28.3. The van der Waals surface area contributed by atoms with Crippen molar-refractivity contribution in [1.82, 2.24) is 20.0 Å². The number of carbonyl (C=O) groups is 4. The Hall–Kier alpha value is -2.95. The van der Waals surface area contributed by atoms with E-state index in [-0.39, 0.29) is 41.9 Å². The van der Waals surface area contributed by atoms with Gasteiger partial charge in [0.1, 0.15) is 6.04 Å². The number of amides is 3. The standard InChI is InChI=1S/C26H39N5O8/c1-29(15-39-24(37)22(34)21(33)23(35)36)25(38)30-13-16-9-26(10-17(16)14-30,18-5-2-3-6-18)28-12-20(32)31-8-4-7-19(31)11-27/h16-19,21-22,28,33-34H,2-10,12-15H2,1H3,(H,35,36)/t16-,17+,19?,21?,22?,26?. The first-order valence-corrected chi connectivity index (χ1v) is 13.8. The molecular formula is C26H39N5O8. The van der Waals surface area contributed by atoms with Crippen LogP contribution in [0.15, 0.2) is 0 Å². The fourth-order valence-corrected chi connectivity index (χ4v) is 7.04. The molecule has 4 N–H and O–H groups in total. The van der Waals surface area contributed by atoms with Gasteiger partial charge in [0, 0.05) is 32.2 Å². The molecule has 0 aromatic heterocycles. The number of aliphatic carboxylic acids is 1. The first-order valence-electron chi connectivity index (χ1n) is 13.8. The SMILES string of the molecule is CN(COC(=O)C(O)C(O)C(=O)O)C(=O)N1C[C@@H]2CC(NCC(=O)N3CCCC3C#N)(C3CCCC3)C[C@@H]2C1. The van der Waals surface area contributed by atoms with Crippen LogP contribution in [0.2, 0.25) is 0 Å². The summed E-state index contributed by atoms with van der Waals surface area (Å²) in [6.45, 7) is 1.42. The van der Waals surface area contributed by atoms with E-state index in [1.807, 2.05) is 0 Å². The number of esters is 1. The van der Waals surface area contributed by atoms with Crippen LogP contribution in [-0.2, 0) is 19.1 Å². The van der Waals surface area contributed by atoms with Crippen LogP contribution in [-0.4, -0.2) is 118 Å². The van der Waals surface area contributed by atoms with Crippen LogP contribution in [0.25, 0.3) is 0 Å². The van der Waals surface area contributed by atoms with Crippen LogP contribution in [0.1, 0.15) is 51.4 Å². The van der Waals surface area contributed by atoms with Crippen molar-refractivity contribution in [3.8, 4) is 6.07 Å². The summed E-state index contributed by atoms with van der Waals surface area (Å²) in [6.07, 6.45) is 3.30. The number of aliphatic hydroxyl groups is 2. The van der Waals surface area contributed by atoms with Crippen LogP contribution in [0.4, 0.5) is 4.79 Å². The van der Waals surface area contributed by atoms with Crippen molar-refractivity contribution in [3.63, 3.8) is 0 Å². The summed E-state index contributed by atoms with van der Waals surface area (Å²) in [6, 6.07) is 1.54. The summed E-state index contributed by atoms with van der Waals surface area (Å²) < 4.78 is 4.82. The van der Waals surface area contributed by atoms with Crippen molar-refractivity contribution in [2.24, 2.45) is 17.8 Å². The number of carboxylic acids is 1. The predicted molar refractivity (Wildman–Crippen MR) is 135 cm³/mol. The van der Waals surface area contributed by atoms with Crippen LogP contribution in [0, 0.1) is 29.1 Å². The summed E-state index contributed by atoms with van der Waals surface area (Å²) in [4.78, 5) is 53.1. The number of hydrogen-bond acceptors (Lipinski definition) is 9. The van der Waals surface area contributed by atoms with E-state index in [0.29, 0.717) is 25.6 Å². The lowest BCUT2D eigenvalue weighted by molar-refractivity contribution is -0.171. The van der Waals surface area contributed by atoms with Gasteiger partial charge in [-0.1, -0.05) is 12.8 Å². The van der Waals surface area contributed by atoms with Gasteiger partial charge in [0.25, 0.3) is 0 Å². The van der Waals surface area contributed by atoms with Crippen molar-refractivity contribution < 1.29 is 39.2 Å². The van der Waals surface area contributed by atoms with Crippen molar-refractivity contribution >= 4 is 23.9 Å². The monoisotopic (exact) mass is 549 g/mol. The summed E-state index contributed by atoms with van der Waals surface area (Å²) in [5, 5.41) is 40.6. The fourth-order valence-electron chi connectivity index (χ4n) is 7.04. The molecule has 0 radical (unpaired) electrons. The molecule has 2 heterocycles. The number of carbonyl (C=O) groups excluding carboxylic acids is 3. The van der Waals surface area contributed by atoms with E-state index in [0.717, 1.165) is 38.5 Å². The summed E-state index contributed by atoms with van der Waals surface area (Å²) in [7, 11) is 1.44. The Bertz CT molecular complexity index is 981. The molecule has 0 bridgehead atoms. The Morgan fingerprint density at radius 2 is 1.72 bits per heavy atom. The van der Waals surface area contributed by atoms with E-state index < -0.39 is 30.9 Å². The quantitative estimate of drug-likeness (QED) is 0.220. The number of nitriles is 1. The molecular weight excluding hydrogens is 510 g/mol. The molecule has 216 valence electrons. The Labute approximate surface area is 227 Å². The molecule has 4 unspecified atom stereocenters. The van der Waals surface area contributed by atoms with E-state index >= 15 is 0 Å². The van der Waals surface area contributed by atoms with E-state index in [1.165, 1.54) is 24.8 Å². The average Bonchev–Trinajstić information content (AvgIpc) is 3.72. The van der Waals surface area contributed by atoms with E-state index in [2.05, 4.69) is 11.4 Å². The second-order valence-corrected chi connectivity index (χ2v) is 11.5. The Kier molecular flexibility index (Phi) is 8.98. The maximum Gasteiger partial charge on any atom is 0.340 e. The fraction of sp³-hybridized carbons (Fsp3) is 0.808. The summed E-state index contributed by atoms with van der Waals surface area (Å²) in [5.74, 6) is -2.12. The van der Waals surface area contributed by atoms with Gasteiger partial charge in [-0.25, -0.2) is 14.4 Å². The largest absolute Gasteiger partial charge is 0.479 e. The molecule has 4 fully saturated rings. The summed E-state index contributed by atoms with van der Waals surface area (Å²) >= 11 is 0. The molecule has 13 nitrogen and oxygen atoms in total. The van der Waals surface area contributed by atoms with E-state index in [9.17, 15) is 34.7 Å². The number of nitrogens with zero attached hydrogens (tertiary/aromatic N) is 4. The Balaban J connectivity index is 1.31. The number of rotatable bonds is 9. The molecule has 0 spiro atoms. The predicted octanol–water partition coefficient (Wildman–Crippen LogP) is -0.280. The number of fused-ring (bicyclic) bond motifs is 1. The number of ether oxygens (including phenoxy) is 1. The molecule has 4 rings (SSSR count). The van der Waals surface area contributed by atoms with Gasteiger partial charge < -0.3 is 35.2 Å². The zero-order valence-electron chi connectivity index (χ0n) is 22.3. The highest BCUT2D eigenvalue weighted by Crippen LogP contribution is 2.51. The number of carboxylic acid groups (broad SMARTS) is 1. The average molecular weight is 550 g/mol. The Morgan fingerprint density at radius 3 is 2.31 bits per heavy atom. The zero-order valence-corrected chi connectivity index (χ0v) is 22.3. The number of likely N-dealkylation sites (tertiary alicyclic amines) is 2. The van der Waals surface area contributed by atoms with Gasteiger partial charge in [0.2, 0.25) is 5.91 Å². The van der Waals surface area contributed by atoms with Crippen molar-refractivity contribution in [3.05, 3.63) is 0 Å². The molecule has 2 saturated heterocycles. The van der Waals surface area contributed by atoms with Gasteiger partial charge in [-0.05, 0) is 56.3 Å². The lowest BCUT2D eigenvalue weighted by Gasteiger charge is -2.39. The van der Waals surface area contributed by atoms with Crippen LogP contribution in [0.3, 0.4) is 0 Å². The van der Waals surface area contributed by atoms with Crippen LogP contribution in [0.5, 0.6) is 0 Å². The molecule has 3 amide bonds. The maximum absolute atomic E-state index is 13.0. The highest BCUT2D eigenvalue weighted by molar-refractivity contribution is 5.84. The number of aliphatic hydroxyl groups excluding tert-OH is 2. The lowest BCUT2D eigenvalue weighted by Crippen LogP contribution is -2.54. The summed E-state index contributed by atoms with van der Waals surface area (Å²) in [5.41, 5.74) is -0.166. The molecule has 39 heavy (non-hydrogen) atoms. The second-order valence-electron chi connectivity index (χ2n) is 11.5. The highest BCUT2D eigenvalue weighted by atomic mass is 16.6. The van der Waals surface area contributed by atoms with Gasteiger partial charge in [-0.15, -0.1) is 0 Å². The van der Waals surface area contributed by atoms with Gasteiger partial charge in [0.05, 0.1) is 12.6 Å². The van der Waals surface area contributed by atoms with Crippen LogP contribution >= 0.6 is 0 Å². The van der Waals surface area contributed by atoms with E-state index in [4.69, 9.17) is 9.84 Å². The van der Waals surface area contributed by atoms with Crippen molar-refractivity contribution in [2.45, 2.75) is 75.2 Å². The first-order chi connectivity index (χ1) is 18.6. The van der Waals surface area contributed by atoms with Crippen LogP contribution < -0.4 is 5.32 Å². The molecule has 4 aliphatic rings. The minimum Gasteiger partial charge on any atom is -0.479 e. The lowest BCUT2D eigenvalue weighted by atomic mass is 9.79. The topological polar surface area (TPSA) is 184 Å². The smallest absolute Gasteiger partial charge is 0.340 e. The molecule has 0 aromatic carbocycles. The molecule has 13 heteroatoms. The minimum absolute atomic E-state index is 0.0255. The van der Waals surface area contributed by atoms with Crippen molar-refractivity contribution in [1.29, 1.82) is 5.26 Å². The van der Waals surface area contributed by atoms with Crippen molar-refractivity contribution in [2.75, 3.05) is 40.0 Å². The third-order valence-corrected chi connectivity index (χ3v) is 9.07. The van der Waals surface area contributed by atoms with Gasteiger partial charge in [-0.3, -0.25) is 9.69 Å². The second kappa shape index (κ2) is 12.1. The van der Waals surface area contributed by atoms with Gasteiger partial charge >= 0.3 is 18.0 Å². The van der Waals surface area contributed by atoms with E-state index in [1.54, 1.807) is 9.80 Å². The minimum atomic E-state index is -2.32.